The first kappa shape index (κ1) is 28.2. The van der Waals surface area contributed by atoms with Gasteiger partial charge in [-0.15, -0.1) is 12.4 Å². The van der Waals surface area contributed by atoms with Crippen LogP contribution in [0.4, 0.5) is 0 Å². The summed E-state index contributed by atoms with van der Waals surface area (Å²) in [5, 5.41) is 4.58. The molecule has 0 radical (unpaired) electrons. The van der Waals surface area contributed by atoms with E-state index in [4.69, 9.17) is 16.3 Å². The average Bonchev–Trinajstić information content (AvgIpc) is 3.33. The van der Waals surface area contributed by atoms with Crippen LogP contribution in [0.3, 0.4) is 0 Å². The number of benzene rings is 1. The number of aromatic nitrogens is 1. The molecule has 37 heavy (non-hydrogen) atoms. The summed E-state index contributed by atoms with van der Waals surface area (Å²) in [5.41, 5.74) is 0.108. The molecular formula is C27H39Cl2N5O3. The van der Waals surface area contributed by atoms with Crippen molar-refractivity contribution in [1.29, 1.82) is 0 Å². The van der Waals surface area contributed by atoms with E-state index in [2.05, 4.69) is 27.1 Å². The van der Waals surface area contributed by atoms with E-state index >= 15 is 0 Å². The number of morpholine rings is 1. The second kappa shape index (κ2) is 11.9. The number of nitrogens with zero attached hydrogens (tertiary/aromatic N) is 3. The van der Waals surface area contributed by atoms with Crippen LogP contribution in [0.5, 0.6) is 0 Å². The van der Waals surface area contributed by atoms with Crippen molar-refractivity contribution in [2.24, 2.45) is 11.8 Å². The number of halogens is 2. The molecule has 2 aromatic rings. The molecule has 0 unspecified atom stereocenters. The third kappa shape index (κ3) is 6.09. The first-order valence-corrected chi connectivity index (χ1v) is 13.6. The van der Waals surface area contributed by atoms with Crippen LogP contribution in [0.15, 0.2) is 24.3 Å². The number of rotatable bonds is 5. The summed E-state index contributed by atoms with van der Waals surface area (Å²) >= 11 is 6.12. The second-order valence-corrected chi connectivity index (χ2v) is 11.2. The van der Waals surface area contributed by atoms with E-state index in [-0.39, 0.29) is 24.2 Å². The number of fused-ring (bicyclic) bond motifs is 1. The molecule has 8 nitrogen and oxygen atoms in total. The lowest BCUT2D eigenvalue weighted by atomic mass is 9.78. The molecule has 0 spiro atoms. The van der Waals surface area contributed by atoms with Crippen LogP contribution in [-0.4, -0.2) is 96.7 Å². The molecule has 2 N–H and O–H groups in total. The molecule has 1 aromatic heterocycles. The molecule has 3 saturated heterocycles. The Bertz CT molecular complexity index is 1090. The molecule has 204 valence electrons. The second-order valence-electron chi connectivity index (χ2n) is 10.8. The number of hydrogen-bond donors (Lipinski definition) is 2. The van der Waals surface area contributed by atoms with Crippen LogP contribution >= 0.6 is 24.0 Å². The number of piperidine rings is 2. The molecule has 4 heterocycles. The summed E-state index contributed by atoms with van der Waals surface area (Å²) in [5.74, 6) is 1.12. The fraction of sp³-hybridized carbons (Fsp3) is 0.630. The van der Waals surface area contributed by atoms with Gasteiger partial charge in [0.15, 0.2) is 5.66 Å². The van der Waals surface area contributed by atoms with Gasteiger partial charge in [0.2, 0.25) is 0 Å². The average molecular weight is 553 g/mol. The smallest absolute Gasteiger partial charge is 0.269 e. The maximum atomic E-state index is 14.0. The fourth-order valence-electron chi connectivity index (χ4n) is 6.17. The minimum Gasteiger partial charge on any atom is -0.379 e. The summed E-state index contributed by atoms with van der Waals surface area (Å²) < 4.78 is 5.55. The van der Waals surface area contributed by atoms with Crippen LogP contribution < -0.4 is 5.32 Å². The first-order valence-electron chi connectivity index (χ1n) is 13.2. The van der Waals surface area contributed by atoms with Crippen molar-refractivity contribution in [1.82, 2.24) is 25.0 Å². The Balaban J connectivity index is 0.00000320. The summed E-state index contributed by atoms with van der Waals surface area (Å²) in [6.45, 7) is 7.96. The minimum atomic E-state index is -1.14. The zero-order chi connectivity index (χ0) is 25.3. The highest BCUT2D eigenvalue weighted by Crippen LogP contribution is 2.33. The largest absolute Gasteiger partial charge is 0.379 e. The summed E-state index contributed by atoms with van der Waals surface area (Å²) in [6.07, 6.45) is 4.59. The molecule has 5 rings (SSSR count). The maximum Gasteiger partial charge on any atom is 0.269 e. The zero-order valence-electron chi connectivity index (χ0n) is 21.8. The monoisotopic (exact) mass is 551 g/mol. The van der Waals surface area contributed by atoms with Gasteiger partial charge in [0, 0.05) is 42.1 Å². The van der Waals surface area contributed by atoms with Gasteiger partial charge in [-0.3, -0.25) is 14.5 Å². The highest BCUT2D eigenvalue weighted by atomic mass is 35.5. The number of carbonyl (C=O) groups excluding carboxylic acids is 2. The van der Waals surface area contributed by atoms with E-state index in [1.165, 1.54) is 25.9 Å². The van der Waals surface area contributed by atoms with Crippen LogP contribution in [0.2, 0.25) is 5.02 Å². The number of hydrogen-bond acceptors (Lipinski definition) is 5. The number of amides is 2. The molecule has 0 bridgehead atoms. The quantitative estimate of drug-likeness (QED) is 0.593. The molecule has 3 fully saturated rings. The number of aromatic amines is 1. The third-order valence-electron chi connectivity index (χ3n) is 8.50. The van der Waals surface area contributed by atoms with Crippen molar-refractivity contribution < 1.29 is 14.3 Å². The number of ether oxygens (including phenoxy) is 1. The molecular weight excluding hydrogens is 513 g/mol. The zero-order valence-corrected chi connectivity index (χ0v) is 23.4. The Labute approximate surface area is 230 Å². The topological polar surface area (TPSA) is 80.9 Å². The van der Waals surface area contributed by atoms with Crippen molar-refractivity contribution in [3.63, 3.8) is 0 Å². The van der Waals surface area contributed by atoms with Crippen LogP contribution in [0.25, 0.3) is 10.9 Å². The number of nitrogens with one attached hydrogen (secondary N) is 2. The predicted octanol–water partition coefficient (Wildman–Crippen LogP) is 3.60. The van der Waals surface area contributed by atoms with Crippen LogP contribution in [0.1, 0.15) is 43.1 Å². The number of carbonyl (C=O) groups is 2. The summed E-state index contributed by atoms with van der Waals surface area (Å²) in [4.78, 5) is 37.0. The lowest BCUT2D eigenvalue weighted by Crippen LogP contribution is -2.69. The first-order chi connectivity index (χ1) is 17.3. The number of likely N-dealkylation sites (tertiary alicyclic amines) is 2. The van der Waals surface area contributed by atoms with Crippen molar-refractivity contribution in [3.05, 3.63) is 35.0 Å². The van der Waals surface area contributed by atoms with Crippen molar-refractivity contribution >= 4 is 46.7 Å². The Morgan fingerprint density at radius 3 is 2.27 bits per heavy atom. The van der Waals surface area contributed by atoms with Gasteiger partial charge < -0.3 is 24.8 Å². The summed E-state index contributed by atoms with van der Waals surface area (Å²) in [6, 6.07) is 7.26. The Morgan fingerprint density at radius 2 is 1.62 bits per heavy atom. The third-order valence-corrected chi connectivity index (χ3v) is 8.74. The van der Waals surface area contributed by atoms with Crippen molar-refractivity contribution in [2.75, 3.05) is 59.5 Å². The fourth-order valence-corrected chi connectivity index (χ4v) is 6.35. The highest BCUT2D eigenvalue weighted by Gasteiger charge is 2.45. The van der Waals surface area contributed by atoms with E-state index in [1.54, 1.807) is 12.1 Å². The number of H-pyrrole nitrogens is 1. The lowest BCUT2D eigenvalue weighted by Gasteiger charge is -2.46. The molecule has 10 heteroatoms. The molecule has 3 aliphatic heterocycles. The molecule has 0 aliphatic carbocycles. The van der Waals surface area contributed by atoms with Crippen molar-refractivity contribution in [3.8, 4) is 0 Å². The van der Waals surface area contributed by atoms with E-state index in [9.17, 15) is 9.59 Å². The van der Waals surface area contributed by atoms with E-state index in [0.29, 0.717) is 42.9 Å². The van der Waals surface area contributed by atoms with Crippen molar-refractivity contribution in [2.45, 2.75) is 38.3 Å². The van der Waals surface area contributed by atoms with Gasteiger partial charge >= 0.3 is 0 Å². The highest BCUT2D eigenvalue weighted by molar-refractivity contribution is 6.31. The van der Waals surface area contributed by atoms with Gasteiger partial charge in [-0.05, 0) is 88.8 Å². The van der Waals surface area contributed by atoms with Gasteiger partial charge in [-0.1, -0.05) is 11.6 Å². The Kier molecular flexibility index (Phi) is 9.07. The Morgan fingerprint density at radius 1 is 1.00 bits per heavy atom. The van der Waals surface area contributed by atoms with Gasteiger partial charge in [-0.2, -0.15) is 0 Å². The predicted molar refractivity (Wildman–Crippen MR) is 148 cm³/mol. The van der Waals surface area contributed by atoms with E-state index in [1.807, 2.05) is 24.0 Å². The molecule has 2 amide bonds. The molecule has 1 atom stereocenters. The van der Waals surface area contributed by atoms with Gasteiger partial charge in [-0.25, -0.2) is 0 Å². The molecule has 1 aromatic carbocycles. The normalized spacial score (nSPS) is 22.4. The SMILES string of the molecule is CN1CCC(C2CCN(C(=O)[C@@](C)(NC(=O)c3cc4cc(Cl)ccc4[nH]3)N3CCOCC3)CC2)CC1.Cl. The van der Waals surface area contributed by atoms with Gasteiger partial charge in [0.25, 0.3) is 11.8 Å². The Hall–Kier alpha value is -1.84. The summed E-state index contributed by atoms with van der Waals surface area (Å²) in [7, 11) is 2.20. The standard InChI is InChI=1S/C27H38ClN5O3.ClH/c1-27(33-13-15-36-16-14-33,30-25(34)24-18-21-17-22(28)3-4-23(21)29-24)26(35)32-11-7-20(8-12-32)19-5-9-31(2)10-6-19;/h3-4,17-20,29H,5-16H2,1-2H3,(H,30,34);1H/t27-;/m0./s1. The van der Waals surface area contributed by atoms with E-state index < -0.39 is 5.66 Å². The van der Waals surface area contributed by atoms with Gasteiger partial charge in [0.05, 0.1) is 13.2 Å². The minimum absolute atomic E-state index is 0. The maximum absolute atomic E-state index is 14.0. The van der Waals surface area contributed by atoms with Crippen LogP contribution in [0, 0.1) is 11.8 Å². The molecule has 3 aliphatic rings. The lowest BCUT2D eigenvalue weighted by molar-refractivity contribution is -0.150. The van der Waals surface area contributed by atoms with Gasteiger partial charge in [0.1, 0.15) is 5.69 Å². The molecule has 0 saturated carbocycles. The van der Waals surface area contributed by atoms with E-state index in [0.717, 1.165) is 42.8 Å². The van der Waals surface area contributed by atoms with Crippen LogP contribution in [-0.2, 0) is 9.53 Å².